The Morgan fingerprint density at radius 3 is 0.531 bits per heavy atom. The van der Waals surface area contributed by atoms with Gasteiger partial charge in [0, 0.05) is 0 Å². The van der Waals surface area contributed by atoms with Gasteiger partial charge in [-0.05, 0) is 276 Å². The molecule has 814 valence electrons. The van der Waals surface area contributed by atoms with Gasteiger partial charge in [0.1, 0.15) is 0 Å². The van der Waals surface area contributed by atoms with E-state index < -0.39 is 180 Å². The van der Waals surface area contributed by atoms with Crippen molar-refractivity contribution in [2.24, 2.45) is 0 Å². The van der Waals surface area contributed by atoms with Crippen molar-refractivity contribution in [3.8, 4) is 0 Å². The summed E-state index contributed by atoms with van der Waals surface area (Å²) in [6.07, 6.45) is 1.83. The highest BCUT2D eigenvalue weighted by Crippen LogP contribution is 2.30. The normalized spacial score (nSPS) is 14.8. The summed E-state index contributed by atoms with van der Waals surface area (Å²) in [4.78, 5) is 76.0. The second kappa shape index (κ2) is 59.2. The van der Waals surface area contributed by atoms with Crippen molar-refractivity contribution in [1.82, 2.24) is 0 Å². The largest absolute Gasteiger partial charge is 0.443 e. The molecule has 0 radical (unpaired) electrons. The Labute approximate surface area is 930 Å². The first-order valence-corrected chi connectivity index (χ1v) is 116. The average Bonchev–Trinajstić information content (AvgIpc) is 0.767. The van der Waals surface area contributed by atoms with Crippen LogP contribution in [0.1, 0.15) is 0 Å². The molecule has 0 saturated heterocycles. The van der Waals surface area contributed by atoms with Crippen molar-refractivity contribution in [2.45, 2.75) is 229 Å². The molecule has 22 nitrogen and oxygen atoms in total. The monoisotopic (exact) mass is 2530 g/mol. The van der Waals surface area contributed by atoms with Crippen LogP contribution in [0.2, 0.25) is 229 Å². The molecule has 0 saturated carbocycles. The van der Waals surface area contributed by atoms with Crippen molar-refractivity contribution in [3.05, 3.63) is 273 Å². The van der Waals surface area contributed by atoms with E-state index in [0.717, 1.165) is 41.5 Å². The first-order valence-electron chi connectivity index (χ1n) is 47.7. The van der Waals surface area contributed by atoms with Gasteiger partial charge in [0.2, 0.25) is 0 Å². The molecule has 9 aromatic rings. The van der Waals surface area contributed by atoms with Crippen LogP contribution in [0.5, 0.6) is 0 Å². The average molecular weight is 2540 g/mol. The maximum absolute atomic E-state index is 10.7. The molecule has 52 heteroatoms. The molecule has 0 aliphatic carbocycles. The highest BCUT2D eigenvalue weighted by molar-refractivity contribution is 7.33. The highest BCUT2D eigenvalue weighted by atomic mass is 35.6. The van der Waals surface area contributed by atoms with E-state index in [-0.39, 0.29) is 0 Å². The van der Waals surface area contributed by atoms with Crippen LogP contribution in [-0.2, 0) is 58.9 Å². The van der Waals surface area contributed by atoms with Crippen LogP contribution in [0.25, 0.3) is 0 Å². The molecule has 145 heavy (non-hydrogen) atoms. The molecular weight excluding hydrogens is 2370 g/mol. The molecule has 9 rings (SSSR count). The lowest BCUT2D eigenvalue weighted by Gasteiger charge is -2.39. The second-order valence-electron chi connectivity index (χ2n) is 42.9. The molecule has 9 aromatic carbocycles. The highest BCUT2D eigenvalue weighted by Gasteiger charge is 2.53. The van der Waals surface area contributed by atoms with Crippen molar-refractivity contribution >= 4 is 315 Å². The molecule has 0 aromatic heterocycles. The zero-order chi connectivity index (χ0) is 112. The maximum atomic E-state index is 10.7. The van der Waals surface area contributed by atoms with Crippen LogP contribution in [0, 0.1) is 0 Å². The summed E-state index contributed by atoms with van der Waals surface area (Å²) < 4.78 is 87.5. The smallest absolute Gasteiger partial charge is 0.398 e. The van der Waals surface area contributed by atoms with E-state index in [0.29, 0.717) is 30.1 Å². The van der Waals surface area contributed by atoms with Gasteiger partial charge < -0.3 is 97.2 Å². The van der Waals surface area contributed by atoms with Crippen molar-refractivity contribution in [3.63, 3.8) is 0 Å². The molecule has 8 N–H and O–H groups in total. The third-order valence-corrected chi connectivity index (χ3v) is 80.5. The molecule has 0 fully saturated rings. The summed E-state index contributed by atoms with van der Waals surface area (Å²) in [5.74, 6) is 0. The first-order chi connectivity index (χ1) is 65.3. The van der Waals surface area contributed by atoms with Crippen LogP contribution >= 0.6 is 88.6 Å². The molecule has 0 heterocycles. The lowest BCUT2D eigenvalue weighted by Crippen LogP contribution is -2.68. The van der Waals surface area contributed by atoms with E-state index in [1.165, 1.54) is 19.6 Å². The van der Waals surface area contributed by atoms with E-state index >= 15 is 0 Å². The Balaban J connectivity index is 0.000000581. The predicted octanol–water partition coefficient (Wildman–Crippen LogP) is 20.1. The van der Waals surface area contributed by atoms with Gasteiger partial charge in [0.25, 0.3) is 45.8 Å². The Kier molecular flexibility index (Phi) is 57.2. The van der Waals surface area contributed by atoms with Crippen LogP contribution in [0.3, 0.4) is 0 Å². The van der Waals surface area contributed by atoms with Gasteiger partial charge in [-0.25, -0.2) is 0 Å². The van der Waals surface area contributed by atoms with Gasteiger partial charge in [-0.2, -0.15) is 0 Å². The number of benzene rings is 9. The van der Waals surface area contributed by atoms with Crippen molar-refractivity contribution in [2.75, 3.05) is 24.9 Å². The Bertz CT molecular complexity index is 4740. The number of hydrogen-bond acceptors (Lipinski definition) is 22. The van der Waals surface area contributed by atoms with Crippen LogP contribution < -0.4 is 46.7 Å². The zero-order valence-electron chi connectivity index (χ0n) is 91.6. The lowest BCUT2D eigenvalue weighted by atomic mass is 10.4. The van der Waals surface area contributed by atoms with E-state index in [4.69, 9.17) is 157 Å². The molecule has 0 bridgehead atoms. The topological polar surface area (TPSA) is 291 Å². The molecule has 0 spiro atoms. The van der Waals surface area contributed by atoms with Crippen LogP contribution in [-0.4, -0.2) is 243 Å². The lowest BCUT2D eigenvalue weighted by molar-refractivity contribution is 0.253. The Hall–Kier alpha value is -0.809. The van der Waals surface area contributed by atoms with E-state index in [2.05, 4.69) is 69.1 Å². The van der Waals surface area contributed by atoms with Gasteiger partial charge in [0.05, 0.1) is 24.9 Å². The fourth-order valence-electron chi connectivity index (χ4n) is 14.3. The summed E-state index contributed by atoms with van der Waals surface area (Å²) in [6.45, 7) is 66.6. The number of hydrogen-bond donors (Lipinski definition) is 8. The maximum Gasteiger partial charge on any atom is 0.398 e. The Morgan fingerprint density at radius 1 is 0.172 bits per heavy atom. The minimum Gasteiger partial charge on any atom is -0.443 e. The van der Waals surface area contributed by atoms with Crippen LogP contribution in [0.15, 0.2) is 273 Å². The fourth-order valence-corrected chi connectivity index (χ4v) is 93.2. The first kappa shape index (κ1) is 140. The van der Waals surface area contributed by atoms with Gasteiger partial charge in [-0.15, -0.1) is 88.6 Å². The summed E-state index contributed by atoms with van der Waals surface area (Å²) in [5.41, 5.74) is 0. The van der Waals surface area contributed by atoms with Gasteiger partial charge >= 0.3 is 101 Å². The second-order valence-corrected chi connectivity index (χ2v) is 136. The van der Waals surface area contributed by atoms with Crippen molar-refractivity contribution in [1.29, 1.82) is 0 Å². The standard InChI is InChI=1S/C19H30Cl2O3Si4.C19H32O5Si4.C14H28Cl2O3Si4.C14H16Cl2OSi2.C14H30O5Si4.C7H10O2Si.C4H12Cl2OSi2.C2H8O2Si/c2*1-25(2,23-26(3,4)20)17-22-28(24-27(5,6)21,18-13-9-7-10-14-18)19-15-11-8-12-16-19;1-20(2,18-21(3,4)15)13-17-23(7,19-22(5,6)16)14-11-9-8-10-12-14;1-18(15,13-9-5-3-6-10-13)17-19(2,16)14-11-7-4-8-12-14;1-20(2,18-21(3,4)15)13-17-23(7,19-22(5,6)16)14-11-9-8-10-12-14;1-10(8,9)7-5-3-2-4-6-7;1-8(2,5)7-9(3,4)6;1-5(2,3)4/h7-16H,17H2,1-6H3;7-16,20-21H,17H2,1-6H3;8-12H,13H2,1-7H3;3-12H,1-2H3;8-12,15-16H,13H2,1-7H3;2-6,8-9H,1H3;1-4H3;3-4H,1-2H3. The Morgan fingerprint density at radius 2 is 0.345 bits per heavy atom. The van der Waals surface area contributed by atoms with E-state index in [9.17, 15) is 28.8 Å². The van der Waals surface area contributed by atoms with Crippen LogP contribution in [0.4, 0.5) is 0 Å². The molecule has 4 unspecified atom stereocenters. The third-order valence-electron chi connectivity index (χ3n) is 18.4. The molecule has 0 aliphatic rings. The SMILES string of the molecule is C[Si](C)(Cl)O[Si](C)(C)CO[Si](C)(O[Si](C)(C)Cl)c1ccccc1.C[Si](C)(Cl)O[Si](C)(C)CO[Si](O[Si](C)(C)Cl)(c1ccccc1)c1ccccc1.C[Si](C)(Cl)O[Si](C)(C)Cl.C[Si](C)(O)O.C[Si](C)(O)O[Si](C)(C)CO[Si](C)(O[Si](C)(C)O)c1ccccc1.C[Si](C)(O)O[Si](C)(C)CO[Si](O[Si](C)(C)O)(c1ccccc1)c1ccccc1.C[Si](Cl)(O[Si](C)(Cl)c1ccccc1)c1ccccc1.C[Si](O)(O)c1ccccc1. The summed E-state index contributed by atoms with van der Waals surface area (Å²) >= 11 is 51.1. The molecule has 4 atom stereocenters. The third kappa shape index (κ3) is 62.8. The molecular formula is C93H166Cl8O22Si22. The van der Waals surface area contributed by atoms with Gasteiger partial charge in [0.15, 0.2) is 33.3 Å². The molecule has 0 amide bonds. The van der Waals surface area contributed by atoms with Gasteiger partial charge in [-0.3, -0.25) is 0 Å². The van der Waals surface area contributed by atoms with E-state index in [1.807, 2.05) is 337 Å². The number of halogens is 8. The number of rotatable bonds is 41. The molecule has 0 aliphatic heterocycles. The quantitative estimate of drug-likeness (QED) is 0.0130. The zero-order valence-corrected chi connectivity index (χ0v) is 120. The summed E-state index contributed by atoms with van der Waals surface area (Å²) in [5, 5.41) is 8.81. The minimum absolute atomic E-state index is 0.366. The minimum atomic E-state index is -3.17. The summed E-state index contributed by atoms with van der Waals surface area (Å²) in [7, 11) is -54.5. The predicted molar refractivity (Wildman–Crippen MR) is 666 cm³/mol. The van der Waals surface area contributed by atoms with Gasteiger partial charge in [-0.1, -0.05) is 273 Å². The fraction of sp³-hybridized carbons (Fsp3) is 0.419. The summed E-state index contributed by atoms with van der Waals surface area (Å²) in [6, 6.07) is 88.8. The van der Waals surface area contributed by atoms with E-state index in [1.54, 1.807) is 76.6 Å². The van der Waals surface area contributed by atoms with Crippen molar-refractivity contribution < 1.29 is 97.2 Å².